The predicted molar refractivity (Wildman–Crippen MR) is 121 cm³/mol. The summed E-state index contributed by atoms with van der Waals surface area (Å²) >= 11 is 6.13. The van der Waals surface area contributed by atoms with Crippen LogP contribution in [0.15, 0.2) is 24.3 Å². The summed E-state index contributed by atoms with van der Waals surface area (Å²) in [4.78, 5) is 29.6. The number of hydrogen-bond donors (Lipinski definition) is 1. The number of carbonyl (C=O) groups is 2. The first-order valence-corrected chi connectivity index (χ1v) is 11.9. The lowest BCUT2D eigenvalue weighted by molar-refractivity contribution is -0.144. The number of benzene rings is 1. The average molecular weight is 448 g/mol. The van der Waals surface area contributed by atoms with Gasteiger partial charge in [0.15, 0.2) is 0 Å². The number of piperidine rings is 1. The van der Waals surface area contributed by atoms with Gasteiger partial charge >= 0.3 is 12.0 Å². The van der Waals surface area contributed by atoms with Crippen molar-refractivity contribution in [2.24, 2.45) is 11.3 Å². The standard InChI is InChI=1S/C24H34ClN3O3/c1-4-16(2)20(22(29)31-3)26-23(30)27-13-11-24(12-14-27)15-28(19-9-10-19)21(24)17-5-7-18(25)8-6-17/h5-8,16,19-21H,4,9-15H2,1-3H3,(H,26,30). The number of methoxy groups -OCH3 is 1. The normalized spacial score (nSPS) is 24.9. The number of halogens is 1. The first kappa shape index (κ1) is 22.4. The van der Waals surface area contributed by atoms with Gasteiger partial charge in [-0.15, -0.1) is 0 Å². The van der Waals surface area contributed by atoms with Gasteiger partial charge in [0, 0.05) is 42.2 Å². The monoisotopic (exact) mass is 447 g/mol. The maximum atomic E-state index is 12.9. The van der Waals surface area contributed by atoms with Gasteiger partial charge in [-0.2, -0.15) is 0 Å². The Labute approximate surface area is 190 Å². The Hall–Kier alpha value is -1.79. The number of carbonyl (C=O) groups excluding carboxylic acids is 2. The number of hydrogen-bond acceptors (Lipinski definition) is 4. The van der Waals surface area contributed by atoms with Crippen LogP contribution in [0.3, 0.4) is 0 Å². The number of nitrogens with zero attached hydrogens (tertiary/aromatic N) is 2. The quantitative estimate of drug-likeness (QED) is 0.662. The lowest BCUT2D eigenvalue weighted by atomic mass is 9.63. The highest BCUT2D eigenvalue weighted by Gasteiger charge is 2.57. The summed E-state index contributed by atoms with van der Waals surface area (Å²) in [6.45, 7) is 6.50. The third-order valence-corrected chi connectivity index (χ3v) is 7.86. The summed E-state index contributed by atoms with van der Waals surface area (Å²) in [6, 6.07) is 8.65. The summed E-state index contributed by atoms with van der Waals surface area (Å²) < 4.78 is 4.91. The van der Waals surface area contributed by atoms with Crippen LogP contribution in [0.1, 0.15) is 57.6 Å². The third-order valence-electron chi connectivity index (χ3n) is 7.60. The van der Waals surface area contributed by atoms with Gasteiger partial charge in [0.05, 0.1) is 7.11 Å². The van der Waals surface area contributed by atoms with Gasteiger partial charge in [-0.05, 0) is 49.3 Å². The molecule has 2 saturated heterocycles. The largest absolute Gasteiger partial charge is 0.467 e. The Kier molecular flexibility index (Phi) is 6.50. The molecule has 3 unspecified atom stereocenters. The maximum Gasteiger partial charge on any atom is 0.328 e. The van der Waals surface area contributed by atoms with Crippen molar-refractivity contribution in [1.29, 1.82) is 0 Å². The number of nitrogens with one attached hydrogen (secondary N) is 1. The first-order chi connectivity index (χ1) is 14.9. The van der Waals surface area contributed by atoms with Crippen molar-refractivity contribution in [3.05, 3.63) is 34.9 Å². The molecule has 31 heavy (non-hydrogen) atoms. The summed E-state index contributed by atoms with van der Waals surface area (Å²) in [5.74, 6) is -0.349. The zero-order valence-corrected chi connectivity index (χ0v) is 19.5. The van der Waals surface area contributed by atoms with Crippen molar-refractivity contribution < 1.29 is 14.3 Å². The number of ether oxygens (including phenoxy) is 1. The van der Waals surface area contributed by atoms with Crippen LogP contribution in [0.25, 0.3) is 0 Å². The average Bonchev–Trinajstić information content (AvgIpc) is 3.61. The molecule has 4 rings (SSSR count). The molecular weight excluding hydrogens is 414 g/mol. The summed E-state index contributed by atoms with van der Waals surface area (Å²) in [5.41, 5.74) is 1.55. The van der Waals surface area contributed by atoms with E-state index in [1.165, 1.54) is 25.5 Å². The minimum Gasteiger partial charge on any atom is -0.467 e. The molecule has 0 radical (unpaired) electrons. The van der Waals surface area contributed by atoms with Gasteiger partial charge in [0.2, 0.25) is 0 Å². The molecule has 1 saturated carbocycles. The van der Waals surface area contributed by atoms with Crippen LogP contribution < -0.4 is 5.32 Å². The van der Waals surface area contributed by atoms with E-state index in [0.29, 0.717) is 25.2 Å². The van der Waals surface area contributed by atoms with Crippen LogP contribution in [0.2, 0.25) is 5.02 Å². The number of urea groups is 1. The van der Waals surface area contributed by atoms with E-state index in [9.17, 15) is 9.59 Å². The molecular formula is C24H34ClN3O3. The fourth-order valence-electron chi connectivity index (χ4n) is 5.32. The number of rotatable bonds is 6. The predicted octanol–water partition coefficient (Wildman–Crippen LogP) is 4.24. The fraction of sp³-hybridized carbons (Fsp3) is 0.667. The Balaban J connectivity index is 1.41. The van der Waals surface area contributed by atoms with Crippen molar-refractivity contribution in [1.82, 2.24) is 15.1 Å². The zero-order chi connectivity index (χ0) is 22.2. The molecule has 1 aromatic carbocycles. The molecule has 0 bridgehead atoms. The molecule has 3 atom stereocenters. The highest BCUT2D eigenvalue weighted by Crippen LogP contribution is 2.58. The molecule has 2 amide bonds. The molecule has 7 heteroatoms. The Morgan fingerprint density at radius 3 is 2.42 bits per heavy atom. The van der Waals surface area contributed by atoms with E-state index >= 15 is 0 Å². The second-order valence-corrected chi connectivity index (χ2v) is 9.98. The Bertz CT molecular complexity index is 803. The number of esters is 1. The topological polar surface area (TPSA) is 61.9 Å². The Morgan fingerprint density at radius 2 is 1.87 bits per heavy atom. The number of amides is 2. The molecule has 2 heterocycles. The highest BCUT2D eigenvalue weighted by atomic mass is 35.5. The smallest absolute Gasteiger partial charge is 0.328 e. The van der Waals surface area contributed by atoms with E-state index in [2.05, 4.69) is 22.3 Å². The minimum atomic E-state index is -0.603. The highest BCUT2D eigenvalue weighted by molar-refractivity contribution is 6.30. The first-order valence-electron chi connectivity index (χ1n) is 11.5. The van der Waals surface area contributed by atoms with Gasteiger partial charge in [-0.25, -0.2) is 9.59 Å². The van der Waals surface area contributed by atoms with Gasteiger partial charge in [-0.1, -0.05) is 44.0 Å². The summed E-state index contributed by atoms with van der Waals surface area (Å²) in [5, 5.41) is 3.69. The van der Waals surface area contributed by atoms with Gasteiger partial charge < -0.3 is 15.0 Å². The molecule has 1 aromatic rings. The zero-order valence-electron chi connectivity index (χ0n) is 18.8. The van der Waals surface area contributed by atoms with Crippen molar-refractivity contribution in [3.8, 4) is 0 Å². The molecule has 3 fully saturated rings. The van der Waals surface area contributed by atoms with Crippen molar-refractivity contribution >= 4 is 23.6 Å². The second-order valence-electron chi connectivity index (χ2n) is 9.54. The lowest BCUT2D eigenvalue weighted by Gasteiger charge is -2.61. The van der Waals surface area contributed by atoms with Gasteiger partial charge in [-0.3, -0.25) is 4.90 Å². The third kappa shape index (κ3) is 4.42. The Morgan fingerprint density at radius 1 is 1.23 bits per heavy atom. The van der Waals surface area contributed by atoms with Crippen molar-refractivity contribution in [2.45, 2.75) is 64.1 Å². The van der Waals surface area contributed by atoms with Crippen molar-refractivity contribution in [3.63, 3.8) is 0 Å². The lowest BCUT2D eigenvalue weighted by Crippen LogP contribution is -2.64. The SMILES string of the molecule is CCC(C)C(NC(=O)N1CCC2(CC1)CN(C1CC1)C2c1ccc(Cl)cc1)C(=O)OC. The molecule has 1 N–H and O–H groups in total. The minimum absolute atomic E-state index is 0.0283. The summed E-state index contributed by atoms with van der Waals surface area (Å²) in [6.07, 6.45) is 5.33. The number of likely N-dealkylation sites (tertiary alicyclic amines) is 2. The molecule has 2 aliphatic heterocycles. The molecule has 0 aromatic heterocycles. The van der Waals surface area contributed by atoms with Crippen LogP contribution in [-0.2, 0) is 9.53 Å². The van der Waals surface area contributed by atoms with E-state index in [-0.39, 0.29) is 23.3 Å². The molecule has 3 aliphatic rings. The van der Waals surface area contributed by atoms with Gasteiger partial charge in [0.25, 0.3) is 0 Å². The van der Waals surface area contributed by atoms with Crippen LogP contribution in [0.4, 0.5) is 4.79 Å². The maximum absolute atomic E-state index is 12.9. The van der Waals surface area contributed by atoms with Crippen LogP contribution in [0.5, 0.6) is 0 Å². The second kappa shape index (κ2) is 8.99. The van der Waals surface area contributed by atoms with E-state index in [1.54, 1.807) is 0 Å². The van der Waals surface area contributed by atoms with Crippen LogP contribution in [-0.4, -0.2) is 60.6 Å². The van der Waals surface area contributed by atoms with E-state index in [0.717, 1.165) is 30.8 Å². The summed E-state index contributed by atoms with van der Waals surface area (Å²) in [7, 11) is 1.37. The molecule has 1 spiro atoms. The van der Waals surface area contributed by atoms with Gasteiger partial charge in [0.1, 0.15) is 6.04 Å². The fourth-order valence-corrected chi connectivity index (χ4v) is 5.45. The van der Waals surface area contributed by atoms with Crippen molar-refractivity contribution in [2.75, 3.05) is 26.7 Å². The molecule has 6 nitrogen and oxygen atoms in total. The van der Waals surface area contributed by atoms with E-state index in [4.69, 9.17) is 16.3 Å². The van der Waals surface area contributed by atoms with E-state index < -0.39 is 6.04 Å². The molecule has 1 aliphatic carbocycles. The van der Waals surface area contributed by atoms with E-state index in [1.807, 2.05) is 30.9 Å². The van der Waals surface area contributed by atoms with Crippen LogP contribution in [0, 0.1) is 11.3 Å². The molecule has 170 valence electrons. The van der Waals surface area contributed by atoms with Crippen LogP contribution >= 0.6 is 11.6 Å².